The lowest BCUT2D eigenvalue weighted by atomic mass is 10.1. The van der Waals surface area contributed by atoms with Gasteiger partial charge in [-0.05, 0) is 37.6 Å². The van der Waals surface area contributed by atoms with Crippen molar-refractivity contribution in [2.45, 2.75) is 26.7 Å². The lowest BCUT2D eigenvalue weighted by Gasteiger charge is -2.06. The Hall–Kier alpha value is -3.46. The van der Waals surface area contributed by atoms with Crippen LogP contribution in [0.5, 0.6) is 5.75 Å². The van der Waals surface area contributed by atoms with E-state index in [-0.39, 0.29) is 17.9 Å². The molecule has 3 aromatic heterocycles. The van der Waals surface area contributed by atoms with Crippen LogP contribution in [-0.4, -0.2) is 32.1 Å². The maximum absolute atomic E-state index is 12.6. The first-order valence-electron chi connectivity index (χ1n) is 9.59. The number of rotatable bonds is 7. The molecule has 0 unspecified atom stereocenters. The smallest absolute Gasteiger partial charge is 0.276 e. The summed E-state index contributed by atoms with van der Waals surface area (Å²) in [7, 11) is 0. The number of hydrogen-bond acceptors (Lipinski definition) is 6. The molecule has 1 aromatic carbocycles. The third-order valence-electron chi connectivity index (χ3n) is 4.56. The molecule has 4 rings (SSSR count). The third kappa shape index (κ3) is 4.11. The van der Waals surface area contributed by atoms with Crippen LogP contribution in [0, 0.1) is 6.92 Å². The Morgan fingerprint density at radius 1 is 1.23 bits per heavy atom. The Kier molecular flexibility index (Phi) is 5.62. The van der Waals surface area contributed by atoms with E-state index in [2.05, 4.69) is 27.3 Å². The van der Waals surface area contributed by atoms with Crippen LogP contribution in [0.3, 0.4) is 0 Å². The highest BCUT2D eigenvalue weighted by Crippen LogP contribution is 2.26. The van der Waals surface area contributed by atoms with E-state index in [1.165, 1.54) is 15.9 Å². The molecule has 8 nitrogen and oxygen atoms in total. The highest BCUT2D eigenvalue weighted by atomic mass is 32.1. The van der Waals surface area contributed by atoms with Crippen LogP contribution < -0.4 is 15.6 Å². The summed E-state index contributed by atoms with van der Waals surface area (Å²) in [6, 6.07) is 9.39. The number of nitrogens with zero attached hydrogens (tertiary/aromatic N) is 3. The minimum Gasteiger partial charge on any atom is -0.494 e. The fourth-order valence-electron chi connectivity index (χ4n) is 3.04. The molecule has 0 saturated carbocycles. The van der Waals surface area contributed by atoms with Crippen molar-refractivity contribution in [1.29, 1.82) is 0 Å². The second-order valence-corrected chi connectivity index (χ2v) is 7.63. The van der Waals surface area contributed by atoms with Gasteiger partial charge in [-0.2, -0.15) is 0 Å². The van der Waals surface area contributed by atoms with Gasteiger partial charge in [0.25, 0.3) is 5.56 Å². The topological polar surface area (TPSA) is 101 Å². The summed E-state index contributed by atoms with van der Waals surface area (Å²) in [6.07, 6.45) is 2.52. The maximum atomic E-state index is 12.6. The van der Waals surface area contributed by atoms with Crippen LogP contribution in [0.2, 0.25) is 0 Å². The van der Waals surface area contributed by atoms with Gasteiger partial charge in [-0.25, -0.2) is 14.5 Å². The second-order valence-electron chi connectivity index (χ2n) is 6.77. The molecular weight excluding hydrogens is 402 g/mol. The summed E-state index contributed by atoms with van der Waals surface area (Å²) >= 11 is 1.33. The zero-order chi connectivity index (χ0) is 21.1. The number of anilines is 1. The van der Waals surface area contributed by atoms with Gasteiger partial charge in [0, 0.05) is 34.5 Å². The van der Waals surface area contributed by atoms with E-state index in [9.17, 15) is 9.59 Å². The highest BCUT2D eigenvalue weighted by molar-refractivity contribution is 7.14. The molecule has 0 bridgehead atoms. The summed E-state index contributed by atoms with van der Waals surface area (Å²) in [6.45, 7) is 4.47. The van der Waals surface area contributed by atoms with Crippen molar-refractivity contribution in [2.24, 2.45) is 0 Å². The molecule has 0 radical (unpaired) electrons. The Morgan fingerprint density at radius 2 is 2.03 bits per heavy atom. The number of carbonyl (C=O) groups is 1. The first kappa shape index (κ1) is 19.8. The molecule has 0 fully saturated rings. The number of hydrogen-bond donors (Lipinski definition) is 2. The highest BCUT2D eigenvalue weighted by Gasteiger charge is 2.15. The van der Waals surface area contributed by atoms with Crippen molar-refractivity contribution in [3.05, 3.63) is 63.5 Å². The number of nitrogens with one attached hydrogen (secondary N) is 2. The van der Waals surface area contributed by atoms with Crippen LogP contribution in [0.25, 0.3) is 16.9 Å². The van der Waals surface area contributed by atoms with Crippen molar-refractivity contribution >= 4 is 28.0 Å². The lowest BCUT2D eigenvalue weighted by molar-refractivity contribution is -0.115. The number of thiazole rings is 1. The third-order valence-corrected chi connectivity index (χ3v) is 5.31. The van der Waals surface area contributed by atoms with E-state index in [1.807, 2.05) is 29.6 Å². The number of fused-ring (bicyclic) bond motifs is 1. The fraction of sp³-hybridized carbons (Fsp3) is 0.238. The Labute approximate surface area is 176 Å². The molecule has 30 heavy (non-hydrogen) atoms. The minimum absolute atomic E-state index is 0.0714. The molecule has 1 amide bonds. The first-order valence-corrected chi connectivity index (χ1v) is 10.5. The van der Waals surface area contributed by atoms with Crippen molar-refractivity contribution in [2.75, 3.05) is 11.9 Å². The van der Waals surface area contributed by atoms with Crippen LogP contribution in [-0.2, 0) is 11.2 Å². The zero-order valence-electron chi connectivity index (χ0n) is 16.6. The average molecular weight is 423 g/mol. The summed E-state index contributed by atoms with van der Waals surface area (Å²) < 4.78 is 6.92. The minimum atomic E-state index is -0.312. The molecular formula is C21H21N5O3S. The standard InChI is InChI=1S/C21H21N5O3S/c1-3-10-29-15-6-4-14(5-7-15)17-12-30-21(24-17)25-19(27)11-16-13(2)23-18-8-9-22-26(18)20(16)28/h4-9,12,22H,3,10-11H2,1-2H3,(H,24,25,27). The van der Waals surface area contributed by atoms with Crippen LogP contribution in [0.15, 0.2) is 46.7 Å². The van der Waals surface area contributed by atoms with Gasteiger partial charge >= 0.3 is 0 Å². The number of carbonyl (C=O) groups excluding carboxylic acids is 1. The second kappa shape index (κ2) is 8.50. The van der Waals surface area contributed by atoms with Gasteiger partial charge in [-0.3, -0.25) is 14.7 Å². The molecule has 154 valence electrons. The van der Waals surface area contributed by atoms with Crippen molar-refractivity contribution < 1.29 is 9.53 Å². The molecule has 3 heterocycles. The van der Waals surface area contributed by atoms with E-state index in [0.29, 0.717) is 28.6 Å². The van der Waals surface area contributed by atoms with Gasteiger partial charge < -0.3 is 10.1 Å². The van der Waals surface area contributed by atoms with E-state index >= 15 is 0 Å². The molecule has 9 heteroatoms. The van der Waals surface area contributed by atoms with Gasteiger partial charge in [-0.15, -0.1) is 11.3 Å². The molecule has 0 atom stereocenters. The van der Waals surface area contributed by atoms with Crippen molar-refractivity contribution in [3.8, 4) is 17.0 Å². The van der Waals surface area contributed by atoms with Gasteiger partial charge in [0.2, 0.25) is 5.91 Å². The predicted octanol–water partition coefficient (Wildman–Crippen LogP) is 3.42. The number of H-pyrrole nitrogens is 1. The molecule has 2 N–H and O–H groups in total. The molecule has 4 aromatic rings. The van der Waals surface area contributed by atoms with Crippen LogP contribution >= 0.6 is 11.3 Å². The number of benzene rings is 1. The summed E-state index contributed by atoms with van der Waals surface area (Å²) in [5, 5.41) is 7.94. The van der Waals surface area contributed by atoms with Gasteiger partial charge in [0.05, 0.1) is 18.7 Å². The van der Waals surface area contributed by atoms with E-state index in [4.69, 9.17) is 4.74 Å². The van der Waals surface area contributed by atoms with E-state index in [0.717, 1.165) is 23.4 Å². The summed E-state index contributed by atoms with van der Waals surface area (Å²) in [4.78, 5) is 33.9. The SMILES string of the molecule is CCCOc1ccc(-c2csc(NC(=O)Cc3c(C)nc4cc[nH]n4c3=O)n2)cc1. The predicted molar refractivity (Wildman–Crippen MR) is 116 cm³/mol. The van der Waals surface area contributed by atoms with Crippen LogP contribution in [0.4, 0.5) is 5.13 Å². The van der Waals surface area contributed by atoms with Crippen LogP contribution in [0.1, 0.15) is 24.6 Å². The van der Waals surface area contributed by atoms with Crippen molar-refractivity contribution in [3.63, 3.8) is 0 Å². The molecule has 0 spiro atoms. The quantitative estimate of drug-likeness (QED) is 0.474. The van der Waals surface area contributed by atoms with Gasteiger partial charge in [0.15, 0.2) is 10.8 Å². The molecule has 0 aliphatic heterocycles. The molecule has 0 aliphatic rings. The largest absolute Gasteiger partial charge is 0.494 e. The van der Waals surface area contributed by atoms with Gasteiger partial charge in [0.1, 0.15) is 5.75 Å². The number of ether oxygens (including phenoxy) is 1. The monoisotopic (exact) mass is 423 g/mol. The fourth-order valence-corrected chi connectivity index (χ4v) is 3.77. The first-order chi connectivity index (χ1) is 14.5. The maximum Gasteiger partial charge on any atom is 0.276 e. The normalized spacial score (nSPS) is 11.0. The number of amides is 1. The molecule has 0 saturated heterocycles. The lowest BCUT2D eigenvalue weighted by Crippen LogP contribution is -2.26. The van der Waals surface area contributed by atoms with E-state index in [1.54, 1.807) is 19.2 Å². The number of aromatic amines is 1. The van der Waals surface area contributed by atoms with Gasteiger partial charge in [-0.1, -0.05) is 6.92 Å². The Balaban J connectivity index is 1.45. The summed E-state index contributed by atoms with van der Waals surface area (Å²) in [5.74, 6) is 0.506. The number of aryl methyl sites for hydroxylation is 1. The van der Waals surface area contributed by atoms with Crippen molar-refractivity contribution in [1.82, 2.24) is 19.6 Å². The number of aromatic nitrogens is 4. The molecule has 0 aliphatic carbocycles. The average Bonchev–Trinajstić information content (AvgIpc) is 3.39. The van der Waals surface area contributed by atoms with E-state index < -0.39 is 0 Å². The zero-order valence-corrected chi connectivity index (χ0v) is 17.5. The Morgan fingerprint density at radius 3 is 2.80 bits per heavy atom. The Bertz CT molecular complexity index is 1240. The summed E-state index contributed by atoms with van der Waals surface area (Å²) in [5.41, 5.74) is 2.85.